The summed E-state index contributed by atoms with van der Waals surface area (Å²) < 4.78 is 29.3. The van der Waals surface area contributed by atoms with Crippen LogP contribution in [0.2, 0.25) is 5.02 Å². The summed E-state index contributed by atoms with van der Waals surface area (Å²) in [5, 5.41) is 0.566. The SMILES string of the molecule is Cc1ccc(S(=O)(=O)N(CC(=O)N2c3ccc(Br)cc3C[C@@H]2C)Cc2ccc(Cl)cc2)cc1. The minimum Gasteiger partial charge on any atom is -0.308 e. The second-order valence-corrected chi connectivity index (χ2v) is 11.6. The van der Waals surface area contributed by atoms with Crippen LogP contribution in [0.1, 0.15) is 23.6 Å². The second-order valence-electron chi connectivity index (χ2n) is 8.30. The van der Waals surface area contributed by atoms with Crippen LogP contribution in [0, 0.1) is 6.92 Å². The Kier molecular flexibility index (Phi) is 6.96. The molecule has 1 heterocycles. The van der Waals surface area contributed by atoms with Crippen LogP contribution < -0.4 is 4.90 Å². The summed E-state index contributed by atoms with van der Waals surface area (Å²) in [5.41, 5.74) is 3.61. The van der Waals surface area contributed by atoms with Gasteiger partial charge in [-0.15, -0.1) is 0 Å². The topological polar surface area (TPSA) is 57.7 Å². The van der Waals surface area contributed by atoms with Crippen molar-refractivity contribution >= 4 is 49.1 Å². The minimum absolute atomic E-state index is 0.0544. The maximum atomic E-state index is 13.6. The van der Waals surface area contributed by atoms with Crippen LogP contribution in [0.3, 0.4) is 0 Å². The van der Waals surface area contributed by atoms with E-state index in [-0.39, 0.29) is 29.9 Å². The molecule has 1 aliphatic rings. The van der Waals surface area contributed by atoms with E-state index in [4.69, 9.17) is 11.6 Å². The lowest BCUT2D eigenvalue weighted by Gasteiger charge is -2.27. The highest BCUT2D eigenvalue weighted by molar-refractivity contribution is 9.10. The lowest BCUT2D eigenvalue weighted by Crippen LogP contribution is -2.44. The third kappa shape index (κ3) is 5.17. The third-order valence-corrected chi connectivity index (χ3v) is 8.32. The number of rotatable bonds is 6. The minimum atomic E-state index is -3.91. The van der Waals surface area contributed by atoms with Crippen LogP contribution in [-0.4, -0.2) is 31.2 Å². The van der Waals surface area contributed by atoms with E-state index in [0.29, 0.717) is 5.02 Å². The van der Waals surface area contributed by atoms with Gasteiger partial charge in [-0.2, -0.15) is 4.31 Å². The Bertz CT molecular complexity index is 1280. The highest BCUT2D eigenvalue weighted by Gasteiger charge is 2.34. The molecule has 0 N–H and O–H groups in total. The van der Waals surface area contributed by atoms with Crippen LogP contribution in [0.4, 0.5) is 5.69 Å². The zero-order valence-corrected chi connectivity index (χ0v) is 21.5. The summed E-state index contributed by atoms with van der Waals surface area (Å²) in [4.78, 5) is 15.3. The van der Waals surface area contributed by atoms with E-state index in [1.807, 2.05) is 32.0 Å². The maximum absolute atomic E-state index is 13.6. The van der Waals surface area contributed by atoms with Crippen molar-refractivity contribution in [1.82, 2.24) is 4.31 Å². The van der Waals surface area contributed by atoms with Gasteiger partial charge in [0.1, 0.15) is 0 Å². The molecule has 1 aliphatic heterocycles. The van der Waals surface area contributed by atoms with Crippen molar-refractivity contribution < 1.29 is 13.2 Å². The number of carbonyl (C=O) groups excluding carboxylic acids is 1. The van der Waals surface area contributed by atoms with Crippen LogP contribution in [0.15, 0.2) is 76.1 Å². The van der Waals surface area contributed by atoms with Gasteiger partial charge in [0.15, 0.2) is 0 Å². The number of halogens is 2. The quantitative estimate of drug-likeness (QED) is 0.405. The summed E-state index contributed by atoms with van der Waals surface area (Å²) >= 11 is 9.48. The second kappa shape index (κ2) is 9.58. The molecule has 0 aromatic heterocycles. The summed E-state index contributed by atoms with van der Waals surface area (Å²) in [6.07, 6.45) is 0.725. The molecule has 0 saturated carbocycles. The van der Waals surface area contributed by atoms with Crippen LogP contribution in [-0.2, 0) is 27.8 Å². The normalized spacial score (nSPS) is 15.7. The number of carbonyl (C=O) groups is 1. The summed E-state index contributed by atoms with van der Waals surface area (Å²) in [7, 11) is -3.91. The molecule has 0 radical (unpaired) electrons. The molecule has 0 bridgehead atoms. The summed E-state index contributed by atoms with van der Waals surface area (Å²) in [6.45, 7) is 3.67. The van der Waals surface area contributed by atoms with E-state index < -0.39 is 10.0 Å². The highest BCUT2D eigenvalue weighted by atomic mass is 79.9. The van der Waals surface area contributed by atoms with E-state index in [2.05, 4.69) is 15.9 Å². The number of benzene rings is 3. The molecule has 172 valence electrons. The average molecular weight is 548 g/mol. The van der Waals surface area contributed by atoms with Gasteiger partial charge in [0, 0.05) is 27.8 Å². The van der Waals surface area contributed by atoms with E-state index in [9.17, 15) is 13.2 Å². The maximum Gasteiger partial charge on any atom is 0.243 e. The Morgan fingerprint density at radius 3 is 2.42 bits per heavy atom. The Morgan fingerprint density at radius 2 is 1.76 bits per heavy atom. The van der Waals surface area contributed by atoms with Gasteiger partial charge < -0.3 is 4.90 Å². The Labute approximate surface area is 208 Å². The van der Waals surface area contributed by atoms with Gasteiger partial charge in [0.25, 0.3) is 0 Å². The van der Waals surface area contributed by atoms with Gasteiger partial charge in [-0.05, 0) is 73.9 Å². The average Bonchev–Trinajstić information content (AvgIpc) is 3.09. The first kappa shape index (κ1) is 24.0. The Balaban J connectivity index is 1.67. The van der Waals surface area contributed by atoms with E-state index in [1.54, 1.807) is 53.4 Å². The molecule has 8 heteroatoms. The first-order chi connectivity index (χ1) is 15.6. The number of nitrogens with zero attached hydrogens (tertiary/aromatic N) is 2. The first-order valence-corrected chi connectivity index (χ1v) is 13.2. The monoisotopic (exact) mass is 546 g/mol. The fraction of sp³-hybridized carbons (Fsp3) is 0.240. The largest absolute Gasteiger partial charge is 0.308 e. The molecule has 33 heavy (non-hydrogen) atoms. The third-order valence-electron chi connectivity index (χ3n) is 5.77. The molecular weight excluding hydrogens is 524 g/mol. The zero-order chi connectivity index (χ0) is 23.8. The van der Waals surface area contributed by atoms with Gasteiger partial charge in [-0.25, -0.2) is 8.42 Å². The summed E-state index contributed by atoms with van der Waals surface area (Å²) in [6, 6.07) is 19.4. The lowest BCUT2D eigenvalue weighted by atomic mass is 10.1. The number of hydrogen-bond donors (Lipinski definition) is 0. The standard InChI is InChI=1S/C25H24BrClN2O3S/c1-17-3-10-23(11-4-17)33(31,32)28(15-19-5-8-22(27)9-6-19)16-25(30)29-18(2)13-20-14-21(26)7-12-24(20)29/h3-12,14,18H,13,15-16H2,1-2H3/t18-/m0/s1. The Hall–Kier alpha value is -2.19. The van der Waals surface area contributed by atoms with E-state index in [0.717, 1.165) is 33.3 Å². The molecule has 0 saturated heterocycles. The lowest BCUT2D eigenvalue weighted by molar-refractivity contribution is -0.119. The van der Waals surface area contributed by atoms with Crippen molar-refractivity contribution in [3.05, 3.63) is 92.9 Å². The molecular formula is C25H24BrClN2O3S. The van der Waals surface area contributed by atoms with Gasteiger partial charge >= 0.3 is 0 Å². The van der Waals surface area contributed by atoms with Crippen molar-refractivity contribution in [1.29, 1.82) is 0 Å². The fourth-order valence-electron chi connectivity index (χ4n) is 4.09. The number of hydrogen-bond acceptors (Lipinski definition) is 3. The molecule has 0 unspecified atom stereocenters. The smallest absolute Gasteiger partial charge is 0.243 e. The summed E-state index contributed by atoms with van der Waals surface area (Å²) in [5.74, 6) is -0.256. The molecule has 1 amide bonds. The number of anilines is 1. The molecule has 5 nitrogen and oxygen atoms in total. The van der Waals surface area contributed by atoms with Gasteiger partial charge in [-0.1, -0.05) is 57.4 Å². The molecule has 4 rings (SSSR count). The van der Waals surface area contributed by atoms with Crippen LogP contribution >= 0.6 is 27.5 Å². The number of amides is 1. The fourth-order valence-corrected chi connectivity index (χ4v) is 6.00. The predicted molar refractivity (Wildman–Crippen MR) is 135 cm³/mol. The van der Waals surface area contributed by atoms with Crippen molar-refractivity contribution in [2.24, 2.45) is 0 Å². The van der Waals surface area contributed by atoms with Crippen molar-refractivity contribution in [2.45, 2.75) is 37.8 Å². The van der Waals surface area contributed by atoms with E-state index >= 15 is 0 Å². The zero-order valence-electron chi connectivity index (χ0n) is 18.3. The van der Waals surface area contributed by atoms with Gasteiger partial charge in [0.05, 0.1) is 11.4 Å². The predicted octanol–water partition coefficient (Wildman–Crippen LogP) is 5.58. The molecule has 1 atom stereocenters. The number of sulfonamides is 1. The first-order valence-electron chi connectivity index (χ1n) is 10.6. The number of aryl methyl sites for hydroxylation is 1. The molecule has 3 aromatic rings. The van der Waals surface area contributed by atoms with Crippen LogP contribution in [0.5, 0.6) is 0 Å². The molecule has 0 spiro atoms. The van der Waals surface area contributed by atoms with E-state index in [1.165, 1.54) is 4.31 Å². The molecule has 3 aromatic carbocycles. The van der Waals surface area contributed by atoms with Gasteiger partial charge in [-0.3, -0.25) is 4.79 Å². The molecule has 0 aliphatic carbocycles. The van der Waals surface area contributed by atoms with Gasteiger partial charge in [0.2, 0.25) is 15.9 Å². The van der Waals surface area contributed by atoms with Crippen LogP contribution in [0.25, 0.3) is 0 Å². The van der Waals surface area contributed by atoms with Crippen molar-refractivity contribution in [3.8, 4) is 0 Å². The Morgan fingerprint density at radius 1 is 1.09 bits per heavy atom. The van der Waals surface area contributed by atoms with Crippen molar-refractivity contribution in [2.75, 3.05) is 11.4 Å². The highest BCUT2D eigenvalue weighted by Crippen LogP contribution is 2.34. The van der Waals surface area contributed by atoms with Crippen molar-refractivity contribution in [3.63, 3.8) is 0 Å². The number of fused-ring (bicyclic) bond motifs is 1. The molecule has 0 fully saturated rings.